The molecule has 1 aliphatic carbocycles. The van der Waals surface area contributed by atoms with Crippen LogP contribution >= 0.6 is 0 Å². The van der Waals surface area contributed by atoms with Gasteiger partial charge in [-0.2, -0.15) is 5.10 Å². The van der Waals surface area contributed by atoms with E-state index in [9.17, 15) is 9.18 Å². The molecular weight excluding hydrogens is 507 g/mol. The molecule has 1 fully saturated rings. The lowest BCUT2D eigenvalue weighted by Gasteiger charge is -2.20. The number of nitrogens with zero attached hydrogens (tertiary/aromatic N) is 5. The molecule has 1 aromatic carbocycles. The van der Waals surface area contributed by atoms with Crippen molar-refractivity contribution < 1.29 is 9.18 Å². The number of nitrogens with one attached hydrogen (secondary N) is 3. The third kappa shape index (κ3) is 4.47. The van der Waals surface area contributed by atoms with Crippen molar-refractivity contribution in [1.29, 1.82) is 0 Å². The number of rotatable bonds is 5. The Morgan fingerprint density at radius 2 is 1.73 bits per heavy atom. The minimum absolute atomic E-state index is 0.0582. The molecule has 0 aliphatic heterocycles. The number of imidazole rings is 1. The Balaban J connectivity index is 1.22. The summed E-state index contributed by atoms with van der Waals surface area (Å²) in [4.78, 5) is 34.2. The Labute approximate surface area is 228 Å². The van der Waals surface area contributed by atoms with Crippen LogP contribution in [0.1, 0.15) is 32.1 Å². The molecule has 0 bridgehead atoms. The summed E-state index contributed by atoms with van der Waals surface area (Å²) in [5, 5.41) is 11.3. The van der Waals surface area contributed by atoms with E-state index in [-0.39, 0.29) is 17.6 Å². The van der Waals surface area contributed by atoms with Gasteiger partial charge in [-0.3, -0.25) is 14.9 Å². The molecule has 0 unspecified atom stereocenters. The molecule has 0 spiro atoms. The van der Waals surface area contributed by atoms with Crippen molar-refractivity contribution in [2.75, 3.05) is 5.32 Å². The van der Waals surface area contributed by atoms with Gasteiger partial charge in [0.1, 0.15) is 17.0 Å². The van der Waals surface area contributed by atoms with Gasteiger partial charge in [0, 0.05) is 41.2 Å². The highest BCUT2D eigenvalue weighted by atomic mass is 19.1. The van der Waals surface area contributed by atoms with E-state index in [1.54, 1.807) is 36.9 Å². The van der Waals surface area contributed by atoms with E-state index in [1.165, 1.54) is 18.6 Å². The fourth-order valence-corrected chi connectivity index (χ4v) is 5.40. The average Bonchev–Trinajstić information content (AvgIpc) is 3.62. The van der Waals surface area contributed by atoms with E-state index >= 15 is 0 Å². The van der Waals surface area contributed by atoms with Crippen LogP contribution in [0.5, 0.6) is 0 Å². The number of pyridine rings is 3. The molecule has 10 heteroatoms. The van der Waals surface area contributed by atoms with Crippen molar-refractivity contribution in [1.82, 2.24) is 35.1 Å². The van der Waals surface area contributed by atoms with E-state index < -0.39 is 0 Å². The maximum atomic E-state index is 13.5. The Hall–Kier alpha value is -4.99. The van der Waals surface area contributed by atoms with Crippen LogP contribution < -0.4 is 5.32 Å². The Bertz CT molecular complexity index is 1850. The van der Waals surface area contributed by atoms with E-state index in [0.717, 1.165) is 53.3 Å². The normalized spacial score (nSPS) is 14.1. The van der Waals surface area contributed by atoms with Gasteiger partial charge in [-0.15, -0.1) is 0 Å². The Morgan fingerprint density at radius 1 is 0.900 bits per heavy atom. The molecule has 5 heterocycles. The molecule has 5 aromatic heterocycles. The van der Waals surface area contributed by atoms with Crippen LogP contribution in [0.25, 0.3) is 56.0 Å². The van der Waals surface area contributed by atoms with Crippen molar-refractivity contribution in [2.45, 2.75) is 32.1 Å². The van der Waals surface area contributed by atoms with Crippen LogP contribution in [0.2, 0.25) is 0 Å². The summed E-state index contributed by atoms with van der Waals surface area (Å²) in [5.74, 6) is 0.359. The van der Waals surface area contributed by atoms with Crippen LogP contribution in [0.3, 0.4) is 0 Å². The molecule has 198 valence electrons. The SMILES string of the molecule is O=C(Nc1cncc(-c2cnc3[nH]nc(-c4nc5c(-c6ccc(F)cc6)ccnc5[nH]4)c3c2)c1)C1CCCCC1. The van der Waals surface area contributed by atoms with Gasteiger partial charge in [0.05, 0.1) is 17.3 Å². The number of aromatic amines is 2. The predicted molar refractivity (Wildman–Crippen MR) is 151 cm³/mol. The number of aromatic nitrogens is 7. The first-order valence-electron chi connectivity index (χ1n) is 13.3. The van der Waals surface area contributed by atoms with Crippen LogP contribution in [0.15, 0.2) is 67.3 Å². The van der Waals surface area contributed by atoms with E-state index in [1.807, 2.05) is 18.2 Å². The van der Waals surface area contributed by atoms with Gasteiger partial charge < -0.3 is 10.3 Å². The van der Waals surface area contributed by atoms with Crippen LogP contribution in [-0.2, 0) is 4.79 Å². The fourth-order valence-electron chi connectivity index (χ4n) is 5.40. The molecular formula is C30H25FN8O. The predicted octanol–water partition coefficient (Wildman–Crippen LogP) is 6.28. The van der Waals surface area contributed by atoms with Gasteiger partial charge in [-0.1, -0.05) is 31.4 Å². The molecule has 0 atom stereocenters. The number of hydrogen-bond donors (Lipinski definition) is 3. The topological polar surface area (TPSA) is 125 Å². The van der Waals surface area contributed by atoms with Crippen molar-refractivity contribution in [3.05, 3.63) is 73.1 Å². The minimum atomic E-state index is -0.296. The lowest BCUT2D eigenvalue weighted by Crippen LogP contribution is -2.24. The van der Waals surface area contributed by atoms with E-state index in [4.69, 9.17) is 4.98 Å². The third-order valence-corrected chi connectivity index (χ3v) is 7.50. The highest BCUT2D eigenvalue weighted by Crippen LogP contribution is 2.32. The number of amides is 1. The van der Waals surface area contributed by atoms with Crippen molar-refractivity contribution in [3.63, 3.8) is 0 Å². The molecule has 9 nitrogen and oxygen atoms in total. The van der Waals surface area contributed by atoms with Crippen molar-refractivity contribution in [2.24, 2.45) is 5.92 Å². The maximum Gasteiger partial charge on any atom is 0.227 e. The van der Waals surface area contributed by atoms with Gasteiger partial charge in [-0.05, 0) is 48.7 Å². The molecule has 1 saturated carbocycles. The number of carbonyl (C=O) groups is 1. The van der Waals surface area contributed by atoms with Gasteiger partial charge in [0.25, 0.3) is 0 Å². The van der Waals surface area contributed by atoms with Crippen molar-refractivity contribution >= 4 is 33.8 Å². The number of anilines is 1. The number of hydrogen-bond acceptors (Lipinski definition) is 6. The summed E-state index contributed by atoms with van der Waals surface area (Å²) in [7, 11) is 0. The molecule has 7 rings (SSSR count). The summed E-state index contributed by atoms with van der Waals surface area (Å²) < 4.78 is 13.5. The second-order valence-electron chi connectivity index (χ2n) is 10.1. The van der Waals surface area contributed by atoms with Gasteiger partial charge in [-0.25, -0.2) is 19.3 Å². The van der Waals surface area contributed by atoms with E-state index in [0.29, 0.717) is 34.0 Å². The number of H-pyrrole nitrogens is 2. The highest BCUT2D eigenvalue weighted by molar-refractivity contribution is 5.96. The summed E-state index contributed by atoms with van der Waals surface area (Å²) in [5.41, 5.74) is 6.47. The van der Waals surface area contributed by atoms with Gasteiger partial charge in [0.15, 0.2) is 17.1 Å². The minimum Gasteiger partial charge on any atom is -0.324 e. The van der Waals surface area contributed by atoms with Gasteiger partial charge >= 0.3 is 0 Å². The lowest BCUT2D eigenvalue weighted by molar-refractivity contribution is -0.120. The van der Waals surface area contributed by atoms with E-state index in [2.05, 4.69) is 35.5 Å². The molecule has 0 radical (unpaired) electrons. The zero-order valence-electron chi connectivity index (χ0n) is 21.5. The highest BCUT2D eigenvalue weighted by Gasteiger charge is 2.21. The summed E-state index contributed by atoms with van der Waals surface area (Å²) in [6.45, 7) is 0. The third-order valence-electron chi connectivity index (χ3n) is 7.50. The quantitative estimate of drug-likeness (QED) is 0.240. The smallest absolute Gasteiger partial charge is 0.227 e. The molecule has 6 aromatic rings. The van der Waals surface area contributed by atoms with Crippen LogP contribution in [0.4, 0.5) is 10.1 Å². The van der Waals surface area contributed by atoms with Crippen LogP contribution in [-0.4, -0.2) is 41.0 Å². The zero-order valence-corrected chi connectivity index (χ0v) is 21.5. The summed E-state index contributed by atoms with van der Waals surface area (Å²) >= 11 is 0. The van der Waals surface area contributed by atoms with Crippen molar-refractivity contribution in [3.8, 4) is 33.8 Å². The fraction of sp³-hybridized carbons (Fsp3) is 0.200. The zero-order chi connectivity index (χ0) is 27.1. The number of halogens is 1. The summed E-state index contributed by atoms with van der Waals surface area (Å²) in [6.07, 6.45) is 12.1. The number of fused-ring (bicyclic) bond motifs is 2. The molecule has 3 N–H and O–H groups in total. The second-order valence-corrected chi connectivity index (χ2v) is 10.1. The molecule has 40 heavy (non-hydrogen) atoms. The van der Waals surface area contributed by atoms with Gasteiger partial charge in [0.2, 0.25) is 5.91 Å². The Kier molecular flexibility index (Phi) is 5.99. The molecule has 0 saturated heterocycles. The first-order chi connectivity index (χ1) is 19.6. The maximum absolute atomic E-state index is 13.5. The Morgan fingerprint density at radius 3 is 2.58 bits per heavy atom. The largest absolute Gasteiger partial charge is 0.324 e. The molecule has 1 aliphatic rings. The average molecular weight is 533 g/mol. The second kappa shape index (κ2) is 9.96. The number of carbonyl (C=O) groups excluding carboxylic acids is 1. The first-order valence-corrected chi connectivity index (χ1v) is 13.3. The van der Waals surface area contributed by atoms with Crippen LogP contribution in [0, 0.1) is 11.7 Å². The standard InChI is InChI=1S/C30H25FN8O/c31-21-8-6-17(7-9-21)23-10-11-33-28-25(23)36-29(37-28)26-24-13-20(15-34-27(24)39-38-26)19-12-22(16-32-14-19)35-30(40)18-4-2-1-3-5-18/h6-16,18H,1-5H2,(H,35,40)(H,33,36,37)(H,34,38,39). The molecule has 1 amide bonds. The monoisotopic (exact) mass is 532 g/mol. The lowest BCUT2D eigenvalue weighted by atomic mass is 9.88. The first kappa shape index (κ1) is 24.1. The summed E-state index contributed by atoms with van der Waals surface area (Å²) in [6, 6.07) is 12.0. The number of benzene rings is 1.